The van der Waals surface area contributed by atoms with E-state index in [0.717, 1.165) is 23.3 Å². The molecular weight excluding hydrogens is 280 g/mol. The Hall–Kier alpha value is -0.450. The number of methoxy groups -OCH3 is 1. The zero-order valence-electron chi connectivity index (χ0n) is 10.5. The molecule has 1 aromatic heterocycles. The van der Waals surface area contributed by atoms with E-state index in [2.05, 4.69) is 40.1 Å². The van der Waals surface area contributed by atoms with Crippen molar-refractivity contribution in [1.82, 2.24) is 10.3 Å². The minimum Gasteiger partial charge on any atom is -0.381 e. The van der Waals surface area contributed by atoms with Gasteiger partial charge in [-0.15, -0.1) is 0 Å². The number of halogens is 1. The molecule has 0 saturated heterocycles. The van der Waals surface area contributed by atoms with E-state index in [-0.39, 0.29) is 5.41 Å². The molecular formula is C13H19BrN2O. The lowest BCUT2D eigenvalue weighted by Gasteiger charge is -2.51. The van der Waals surface area contributed by atoms with Crippen LogP contribution < -0.4 is 5.32 Å². The van der Waals surface area contributed by atoms with Crippen LogP contribution in [0.25, 0.3) is 0 Å². The Balaban J connectivity index is 1.88. The molecule has 1 N–H and O–H groups in total. The highest BCUT2D eigenvalue weighted by Gasteiger charge is 2.48. The SMILES string of the molecule is COC1CC(NCc2cccc(Br)n2)C1(C)C. The number of ether oxygens (including phenoxy) is 1. The van der Waals surface area contributed by atoms with Gasteiger partial charge in [-0.1, -0.05) is 19.9 Å². The summed E-state index contributed by atoms with van der Waals surface area (Å²) in [6.45, 7) is 5.30. The minimum absolute atomic E-state index is 0.209. The second-order valence-electron chi connectivity index (χ2n) is 5.17. The summed E-state index contributed by atoms with van der Waals surface area (Å²) in [4.78, 5) is 4.41. The van der Waals surface area contributed by atoms with Crippen molar-refractivity contribution in [3.63, 3.8) is 0 Å². The number of nitrogens with one attached hydrogen (secondary N) is 1. The molecule has 3 nitrogen and oxygen atoms in total. The van der Waals surface area contributed by atoms with Gasteiger partial charge >= 0.3 is 0 Å². The molecule has 0 spiro atoms. The van der Waals surface area contributed by atoms with Gasteiger partial charge in [0, 0.05) is 25.1 Å². The molecule has 0 aliphatic heterocycles. The highest BCUT2D eigenvalue weighted by atomic mass is 79.9. The fourth-order valence-corrected chi connectivity index (χ4v) is 2.79. The molecule has 2 rings (SSSR count). The summed E-state index contributed by atoms with van der Waals surface area (Å²) < 4.78 is 6.33. The molecule has 1 aliphatic carbocycles. The van der Waals surface area contributed by atoms with E-state index in [1.54, 1.807) is 7.11 Å². The van der Waals surface area contributed by atoms with E-state index in [1.165, 1.54) is 0 Å². The molecule has 94 valence electrons. The summed E-state index contributed by atoms with van der Waals surface area (Å²) in [6.07, 6.45) is 1.45. The van der Waals surface area contributed by atoms with Crippen LogP contribution in [0.2, 0.25) is 0 Å². The highest BCUT2D eigenvalue weighted by Crippen LogP contribution is 2.42. The van der Waals surface area contributed by atoms with Crippen LogP contribution in [-0.4, -0.2) is 24.2 Å². The minimum atomic E-state index is 0.209. The topological polar surface area (TPSA) is 34.1 Å². The summed E-state index contributed by atoms with van der Waals surface area (Å²) in [5.74, 6) is 0. The molecule has 17 heavy (non-hydrogen) atoms. The lowest BCUT2D eigenvalue weighted by molar-refractivity contribution is -0.0979. The molecule has 4 heteroatoms. The maximum atomic E-state index is 5.44. The average Bonchev–Trinajstić information content (AvgIpc) is 2.28. The van der Waals surface area contributed by atoms with Crippen LogP contribution in [0.1, 0.15) is 26.0 Å². The first kappa shape index (κ1) is 13.0. The first-order chi connectivity index (χ1) is 8.04. The molecule has 2 atom stereocenters. The van der Waals surface area contributed by atoms with Crippen molar-refractivity contribution in [2.45, 2.75) is 39.0 Å². The Bertz CT molecular complexity index is 395. The average molecular weight is 299 g/mol. The molecule has 0 bridgehead atoms. The van der Waals surface area contributed by atoms with Crippen molar-refractivity contribution in [3.05, 3.63) is 28.5 Å². The molecule has 0 radical (unpaired) electrons. The van der Waals surface area contributed by atoms with Gasteiger partial charge in [0.15, 0.2) is 0 Å². The van der Waals surface area contributed by atoms with Gasteiger partial charge in [0.05, 0.1) is 11.8 Å². The monoisotopic (exact) mass is 298 g/mol. The van der Waals surface area contributed by atoms with E-state index in [0.29, 0.717) is 12.1 Å². The number of rotatable bonds is 4. The zero-order chi connectivity index (χ0) is 12.5. The quantitative estimate of drug-likeness (QED) is 0.868. The number of aromatic nitrogens is 1. The Kier molecular flexibility index (Phi) is 3.85. The van der Waals surface area contributed by atoms with Crippen LogP contribution in [-0.2, 0) is 11.3 Å². The third-order valence-corrected chi connectivity index (χ3v) is 4.21. The molecule has 1 fully saturated rings. The zero-order valence-corrected chi connectivity index (χ0v) is 12.1. The van der Waals surface area contributed by atoms with Gasteiger partial charge in [-0.2, -0.15) is 0 Å². The van der Waals surface area contributed by atoms with E-state index < -0.39 is 0 Å². The molecule has 1 aliphatic rings. The first-order valence-corrected chi connectivity index (χ1v) is 6.71. The Morgan fingerprint density at radius 3 is 2.88 bits per heavy atom. The summed E-state index contributed by atoms with van der Waals surface area (Å²) in [7, 11) is 1.79. The second kappa shape index (κ2) is 5.04. The number of pyridine rings is 1. The lowest BCUT2D eigenvalue weighted by atomic mass is 9.64. The van der Waals surface area contributed by atoms with Crippen LogP contribution in [0.5, 0.6) is 0 Å². The summed E-state index contributed by atoms with van der Waals surface area (Å²) in [5, 5.41) is 3.55. The predicted molar refractivity (Wildman–Crippen MR) is 71.8 cm³/mol. The third-order valence-electron chi connectivity index (χ3n) is 3.76. The van der Waals surface area contributed by atoms with Gasteiger partial charge < -0.3 is 10.1 Å². The van der Waals surface area contributed by atoms with Crippen molar-refractivity contribution in [2.75, 3.05) is 7.11 Å². The summed E-state index contributed by atoms with van der Waals surface area (Å²) in [5.41, 5.74) is 1.27. The molecule has 0 amide bonds. The van der Waals surface area contributed by atoms with E-state index in [9.17, 15) is 0 Å². The maximum absolute atomic E-state index is 5.44. The smallest absolute Gasteiger partial charge is 0.106 e. The fraction of sp³-hybridized carbons (Fsp3) is 0.615. The number of nitrogens with zero attached hydrogens (tertiary/aromatic N) is 1. The predicted octanol–water partition coefficient (Wildman–Crippen LogP) is 2.75. The molecule has 1 aromatic rings. The van der Waals surface area contributed by atoms with Crippen LogP contribution in [0, 0.1) is 5.41 Å². The van der Waals surface area contributed by atoms with Crippen molar-refractivity contribution in [2.24, 2.45) is 5.41 Å². The lowest BCUT2D eigenvalue weighted by Crippen LogP contribution is -2.60. The molecule has 0 aromatic carbocycles. The van der Waals surface area contributed by atoms with Crippen molar-refractivity contribution in [3.8, 4) is 0 Å². The van der Waals surface area contributed by atoms with Gasteiger partial charge in [0.1, 0.15) is 4.60 Å². The Labute approximate surface area is 111 Å². The van der Waals surface area contributed by atoms with E-state index in [4.69, 9.17) is 4.74 Å². The third kappa shape index (κ3) is 2.69. The van der Waals surface area contributed by atoms with Crippen molar-refractivity contribution < 1.29 is 4.74 Å². The molecule has 1 heterocycles. The van der Waals surface area contributed by atoms with E-state index >= 15 is 0 Å². The highest BCUT2D eigenvalue weighted by molar-refractivity contribution is 9.10. The summed E-state index contributed by atoms with van der Waals surface area (Å²) in [6, 6.07) is 6.50. The van der Waals surface area contributed by atoms with Gasteiger partial charge in [0.25, 0.3) is 0 Å². The second-order valence-corrected chi connectivity index (χ2v) is 5.98. The van der Waals surface area contributed by atoms with Crippen molar-refractivity contribution >= 4 is 15.9 Å². The van der Waals surface area contributed by atoms with Gasteiger partial charge in [0.2, 0.25) is 0 Å². The van der Waals surface area contributed by atoms with Gasteiger partial charge in [-0.05, 0) is 34.5 Å². The van der Waals surface area contributed by atoms with Gasteiger partial charge in [-0.25, -0.2) is 4.98 Å². The van der Waals surface area contributed by atoms with Crippen LogP contribution in [0.3, 0.4) is 0 Å². The Morgan fingerprint density at radius 1 is 1.53 bits per heavy atom. The van der Waals surface area contributed by atoms with Crippen LogP contribution in [0.4, 0.5) is 0 Å². The Morgan fingerprint density at radius 2 is 2.29 bits per heavy atom. The van der Waals surface area contributed by atoms with Gasteiger partial charge in [-0.3, -0.25) is 0 Å². The molecule has 1 saturated carbocycles. The van der Waals surface area contributed by atoms with Crippen molar-refractivity contribution in [1.29, 1.82) is 0 Å². The maximum Gasteiger partial charge on any atom is 0.106 e. The number of hydrogen-bond donors (Lipinski definition) is 1. The standard InChI is InChI=1S/C13H19BrN2O/c1-13(2)10(7-11(13)17-3)15-8-9-5-4-6-12(14)16-9/h4-6,10-11,15H,7-8H2,1-3H3. The largest absolute Gasteiger partial charge is 0.381 e. The van der Waals surface area contributed by atoms with E-state index in [1.807, 2.05) is 18.2 Å². The first-order valence-electron chi connectivity index (χ1n) is 5.91. The number of hydrogen-bond acceptors (Lipinski definition) is 3. The fourth-order valence-electron chi connectivity index (χ4n) is 2.41. The summed E-state index contributed by atoms with van der Waals surface area (Å²) >= 11 is 3.38. The van der Waals surface area contributed by atoms with Crippen LogP contribution in [0.15, 0.2) is 22.8 Å². The normalized spacial score (nSPS) is 26.6. The van der Waals surface area contributed by atoms with Crippen LogP contribution >= 0.6 is 15.9 Å². The molecule has 2 unspecified atom stereocenters.